The lowest BCUT2D eigenvalue weighted by molar-refractivity contribution is 0.0791. The van der Waals surface area contributed by atoms with E-state index in [-0.39, 0.29) is 17.8 Å². The van der Waals surface area contributed by atoms with Gasteiger partial charge in [-0.2, -0.15) is 0 Å². The molecule has 1 aliphatic carbocycles. The van der Waals surface area contributed by atoms with E-state index in [0.29, 0.717) is 13.2 Å². The molecule has 0 saturated heterocycles. The lowest BCUT2D eigenvalue weighted by atomic mass is 9.84. The van der Waals surface area contributed by atoms with Crippen LogP contribution in [0.2, 0.25) is 0 Å². The fraction of sp³-hybridized carbons (Fsp3) is 0.464. The van der Waals surface area contributed by atoms with Crippen molar-refractivity contribution >= 4 is 16.8 Å². The maximum atomic E-state index is 13.8. The van der Waals surface area contributed by atoms with Gasteiger partial charge in [0.2, 0.25) is 0 Å². The van der Waals surface area contributed by atoms with Crippen molar-refractivity contribution in [3.63, 3.8) is 0 Å². The first-order valence-corrected chi connectivity index (χ1v) is 12.6. The van der Waals surface area contributed by atoms with Crippen molar-refractivity contribution in [2.75, 3.05) is 26.7 Å². The van der Waals surface area contributed by atoms with Crippen molar-refractivity contribution in [3.8, 4) is 5.75 Å². The Morgan fingerprint density at radius 1 is 1.24 bits per heavy atom. The van der Waals surface area contributed by atoms with Crippen LogP contribution in [0.15, 0.2) is 36.5 Å². The van der Waals surface area contributed by atoms with Crippen LogP contribution in [0.3, 0.4) is 0 Å². The number of nitrogens with zero attached hydrogens (tertiary/aromatic N) is 2. The summed E-state index contributed by atoms with van der Waals surface area (Å²) in [7, 11) is 1.87. The fourth-order valence-electron chi connectivity index (χ4n) is 5.91. The number of halogens is 1. The number of ether oxygens (including phenoxy) is 1. The van der Waals surface area contributed by atoms with Crippen LogP contribution >= 0.6 is 0 Å². The number of H-pyrrole nitrogens is 1. The highest BCUT2D eigenvalue weighted by Crippen LogP contribution is 2.37. The van der Waals surface area contributed by atoms with Gasteiger partial charge in [0.05, 0.1) is 5.56 Å². The average molecular weight is 462 g/mol. The molecule has 178 valence electrons. The van der Waals surface area contributed by atoms with E-state index in [1.165, 1.54) is 30.9 Å². The maximum Gasteiger partial charge on any atom is 0.254 e. The third-order valence-electron chi connectivity index (χ3n) is 8.05. The Morgan fingerprint density at radius 2 is 2.12 bits per heavy atom. The summed E-state index contributed by atoms with van der Waals surface area (Å²) in [6, 6.07) is 9.32. The van der Waals surface area contributed by atoms with Crippen LogP contribution in [-0.2, 0) is 19.4 Å². The lowest BCUT2D eigenvalue weighted by Gasteiger charge is -2.39. The van der Waals surface area contributed by atoms with Crippen molar-refractivity contribution in [3.05, 3.63) is 64.6 Å². The molecule has 0 radical (unpaired) electrons. The summed E-state index contributed by atoms with van der Waals surface area (Å²) < 4.78 is 20.0. The van der Waals surface area contributed by atoms with Gasteiger partial charge in [-0.3, -0.25) is 9.69 Å². The largest absolute Gasteiger partial charge is 0.492 e. The fourth-order valence-corrected chi connectivity index (χ4v) is 5.91. The van der Waals surface area contributed by atoms with Gasteiger partial charge in [-0.1, -0.05) is 12.5 Å². The molecule has 1 fully saturated rings. The summed E-state index contributed by atoms with van der Waals surface area (Å²) in [5, 5.41) is 0.985. The third-order valence-corrected chi connectivity index (χ3v) is 8.05. The van der Waals surface area contributed by atoms with E-state index in [4.69, 9.17) is 4.74 Å². The van der Waals surface area contributed by atoms with Crippen LogP contribution in [0.5, 0.6) is 5.75 Å². The third kappa shape index (κ3) is 3.88. The van der Waals surface area contributed by atoms with Gasteiger partial charge in [0.15, 0.2) is 0 Å². The Bertz CT molecular complexity index is 1230. The number of benzene rings is 2. The number of hydrogen-bond donors (Lipinski definition) is 1. The number of aryl methyl sites for hydroxylation is 1. The van der Waals surface area contributed by atoms with E-state index in [2.05, 4.69) is 9.88 Å². The molecule has 6 heteroatoms. The number of aromatic nitrogens is 1. The number of aromatic amines is 1. The molecule has 1 N–H and O–H groups in total. The molecule has 3 heterocycles. The predicted molar refractivity (Wildman–Crippen MR) is 131 cm³/mol. The zero-order valence-corrected chi connectivity index (χ0v) is 19.8. The van der Waals surface area contributed by atoms with Crippen molar-refractivity contribution in [1.82, 2.24) is 14.8 Å². The number of carbonyl (C=O) groups is 1. The second kappa shape index (κ2) is 8.73. The number of fused-ring (bicyclic) bond motifs is 4. The molecule has 3 aromatic rings. The van der Waals surface area contributed by atoms with Gasteiger partial charge < -0.3 is 14.6 Å². The molecule has 2 aromatic carbocycles. The van der Waals surface area contributed by atoms with Gasteiger partial charge >= 0.3 is 0 Å². The number of nitrogens with one attached hydrogen (secondary N) is 1. The van der Waals surface area contributed by atoms with Gasteiger partial charge in [-0.15, -0.1) is 0 Å². The normalized spacial score (nSPS) is 19.9. The van der Waals surface area contributed by atoms with E-state index >= 15 is 0 Å². The standard InChI is InChI=1S/C28H32FN3O2/c1-31-16-20-7-10-26-24(27(20)28(31)33)13-22(17-34-26)32(15-18-4-2-5-18)11-3-6-19-14-30-25-9-8-21(29)12-23(19)25/h7-10,12,14,18,22,30H,2-6,11,13,15-17H2,1H3. The van der Waals surface area contributed by atoms with Crippen LogP contribution < -0.4 is 4.74 Å². The molecule has 1 atom stereocenters. The van der Waals surface area contributed by atoms with Crippen molar-refractivity contribution in [2.24, 2.45) is 5.92 Å². The van der Waals surface area contributed by atoms with Crippen LogP contribution in [0.1, 0.15) is 52.7 Å². The van der Waals surface area contributed by atoms with E-state index in [9.17, 15) is 9.18 Å². The molecule has 0 spiro atoms. The lowest BCUT2D eigenvalue weighted by Crippen LogP contribution is -2.47. The Kier molecular flexibility index (Phi) is 5.56. The van der Waals surface area contributed by atoms with Gasteiger partial charge in [-0.25, -0.2) is 4.39 Å². The Hall–Kier alpha value is -2.86. The smallest absolute Gasteiger partial charge is 0.254 e. The van der Waals surface area contributed by atoms with Crippen LogP contribution in [-0.4, -0.2) is 53.5 Å². The molecule has 1 aromatic heterocycles. The van der Waals surface area contributed by atoms with Crippen molar-refractivity contribution < 1.29 is 13.9 Å². The monoisotopic (exact) mass is 461 g/mol. The zero-order valence-electron chi connectivity index (χ0n) is 19.8. The minimum atomic E-state index is -0.189. The Labute approximate surface area is 199 Å². The van der Waals surface area contributed by atoms with E-state index < -0.39 is 0 Å². The minimum absolute atomic E-state index is 0.119. The molecular weight excluding hydrogens is 429 g/mol. The van der Waals surface area contributed by atoms with E-state index in [1.54, 1.807) is 11.0 Å². The summed E-state index contributed by atoms with van der Waals surface area (Å²) in [6.07, 6.45) is 8.75. The Morgan fingerprint density at radius 3 is 2.94 bits per heavy atom. The highest BCUT2D eigenvalue weighted by atomic mass is 19.1. The number of carbonyl (C=O) groups excluding carboxylic acids is 1. The highest BCUT2D eigenvalue weighted by Gasteiger charge is 2.35. The summed E-state index contributed by atoms with van der Waals surface area (Å²) in [5.74, 6) is 1.57. The number of hydrogen-bond acceptors (Lipinski definition) is 3. The second-order valence-electron chi connectivity index (χ2n) is 10.3. The summed E-state index contributed by atoms with van der Waals surface area (Å²) in [6.45, 7) is 3.42. The second-order valence-corrected chi connectivity index (χ2v) is 10.3. The molecule has 1 unspecified atom stereocenters. The van der Waals surface area contributed by atoms with Crippen molar-refractivity contribution in [1.29, 1.82) is 0 Å². The predicted octanol–water partition coefficient (Wildman–Crippen LogP) is 4.93. The van der Waals surface area contributed by atoms with Crippen LogP contribution in [0.4, 0.5) is 4.39 Å². The molecule has 5 nitrogen and oxygen atoms in total. The molecule has 1 amide bonds. The average Bonchev–Trinajstić information content (AvgIpc) is 3.34. The number of rotatable bonds is 7. The maximum absolute atomic E-state index is 13.8. The molecule has 0 bridgehead atoms. The van der Waals surface area contributed by atoms with Crippen molar-refractivity contribution in [2.45, 2.75) is 51.1 Å². The quantitative estimate of drug-likeness (QED) is 0.543. The number of amides is 1. The van der Waals surface area contributed by atoms with Gasteiger partial charge in [0.1, 0.15) is 18.2 Å². The SMILES string of the molecule is CN1Cc2ccc3c(c2C1=O)CC(N(CCCc1c[nH]c2ccc(F)cc12)CC1CCC1)CO3. The minimum Gasteiger partial charge on any atom is -0.492 e. The molecule has 3 aliphatic rings. The van der Waals surface area contributed by atoms with Crippen LogP contribution in [0.25, 0.3) is 10.9 Å². The van der Waals surface area contributed by atoms with Crippen LogP contribution in [0, 0.1) is 11.7 Å². The van der Waals surface area contributed by atoms with Gasteiger partial charge in [0, 0.05) is 48.8 Å². The first-order valence-electron chi connectivity index (χ1n) is 12.6. The summed E-state index contributed by atoms with van der Waals surface area (Å²) >= 11 is 0. The topological polar surface area (TPSA) is 48.6 Å². The van der Waals surface area contributed by atoms with E-state index in [1.807, 2.05) is 31.4 Å². The first-order chi connectivity index (χ1) is 16.6. The van der Waals surface area contributed by atoms with E-state index in [0.717, 1.165) is 71.6 Å². The molecular formula is C28H32FN3O2. The summed E-state index contributed by atoms with van der Waals surface area (Å²) in [5.41, 5.74) is 5.24. The molecule has 34 heavy (non-hydrogen) atoms. The first kappa shape index (κ1) is 21.7. The van der Waals surface area contributed by atoms with Gasteiger partial charge in [-0.05, 0) is 80.0 Å². The molecule has 2 aliphatic heterocycles. The highest BCUT2D eigenvalue weighted by molar-refractivity contribution is 6.00. The summed E-state index contributed by atoms with van der Waals surface area (Å²) in [4.78, 5) is 20.5. The van der Waals surface area contributed by atoms with Gasteiger partial charge in [0.25, 0.3) is 5.91 Å². The zero-order chi connectivity index (χ0) is 23.2. The Balaban J connectivity index is 1.19. The molecule has 6 rings (SSSR count). The molecule has 1 saturated carbocycles.